The third-order valence-electron chi connectivity index (χ3n) is 4.12. The summed E-state index contributed by atoms with van der Waals surface area (Å²) < 4.78 is 41.5. The number of fused-ring (bicyclic) bond motifs is 1. The van der Waals surface area contributed by atoms with Crippen molar-refractivity contribution >= 4 is 32.9 Å². The molecule has 1 amide bonds. The van der Waals surface area contributed by atoms with Crippen LogP contribution in [-0.4, -0.2) is 30.4 Å². The second kappa shape index (κ2) is 8.49. The van der Waals surface area contributed by atoms with Gasteiger partial charge in [0.2, 0.25) is 21.9 Å². The Morgan fingerprint density at radius 1 is 1.14 bits per heavy atom. The van der Waals surface area contributed by atoms with Gasteiger partial charge in [-0.3, -0.25) is 10.1 Å². The van der Waals surface area contributed by atoms with Crippen molar-refractivity contribution in [1.29, 1.82) is 0 Å². The summed E-state index contributed by atoms with van der Waals surface area (Å²) in [7, 11) is -3.80. The van der Waals surface area contributed by atoms with Crippen LogP contribution in [0.2, 0.25) is 0 Å². The molecule has 0 saturated heterocycles. The van der Waals surface area contributed by atoms with Crippen LogP contribution < -0.4 is 10.0 Å². The number of halogens is 1. The van der Waals surface area contributed by atoms with Gasteiger partial charge in [-0.2, -0.15) is 0 Å². The Morgan fingerprint density at radius 3 is 2.57 bits per heavy atom. The minimum Gasteiger partial charge on any atom is -0.310 e. The largest absolute Gasteiger partial charge is 0.310 e. The van der Waals surface area contributed by atoms with E-state index in [-0.39, 0.29) is 23.8 Å². The molecule has 0 atom stereocenters. The van der Waals surface area contributed by atoms with Crippen molar-refractivity contribution in [2.45, 2.75) is 31.2 Å². The van der Waals surface area contributed by atoms with Gasteiger partial charge in [-0.15, -0.1) is 0 Å². The maximum absolute atomic E-state index is 12.9. The lowest BCUT2D eigenvalue weighted by atomic mass is 10.3. The molecular formula is C19H21FN4O3S. The summed E-state index contributed by atoms with van der Waals surface area (Å²) in [4.78, 5) is 16.6. The van der Waals surface area contributed by atoms with Crippen LogP contribution in [0.3, 0.4) is 0 Å². The van der Waals surface area contributed by atoms with Crippen LogP contribution in [0.1, 0.15) is 19.8 Å². The van der Waals surface area contributed by atoms with E-state index in [0.717, 1.165) is 29.6 Å². The maximum atomic E-state index is 12.9. The van der Waals surface area contributed by atoms with Crippen molar-refractivity contribution < 1.29 is 17.6 Å². The second-order valence-electron chi connectivity index (χ2n) is 6.23. The number of carbonyl (C=O) groups excluding carboxylic acids is 1. The molecule has 0 aliphatic rings. The Morgan fingerprint density at radius 2 is 1.86 bits per heavy atom. The molecule has 0 aliphatic carbocycles. The molecule has 2 N–H and O–H groups in total. The first-order chi connectivity index (χ1) is 13.4. The highest BCUT2D eigenvalue weighted by atomic mass is 32.2. The van der Waals surface area contributed by atoms with Gasteiger partial charge >= 0.3 is 0 Å². The van der Waals surface area contributed by atoms with Crippen molar-refractivity contribution in [3.63, 3.8) is 0 Å². The van der Waals surface area contributed by atoms with E-state index in [4.69, 9.17) is 0 Å². The fraction of sp³-hybridized carbons (Fsp3) is 0.263. The quantitative estimate of drug-likeness (QED) is 0.604. The van der Waals surface area contributed by atoms with Gasteiger partial charge in [-0.1, -0.05) is 19.1 Å². The molecule has 1 heterocycles. The zero-order chi connectivity index (χ0) is 20.1. The summed E-state index contributed by atoms with van der Waals surface area (Å²) >= 11 is 0. The number of rotatable bonds is 8. The van der Waals surface area contributed by atoms with Gasteiger partial charge in [0.25, 0.3) is 0 Å². The lowest BCUT2D eigenvalue weighted by Gasteiger charge is -2.10. The van der Waals surface area contributed by atoms with Crippen LogP contribution in [0.15, 0.2) is 53.4 Å². The number of imidazole rings is 1. The SMILES string of the molecule is CCCn1c(NC(=O)CCNS(=O)(=O)c2ccc(F)cc2)nc2ccccc21. The van der Waals surface area contributed by atoms with Crippen LogP contribution in [0.5, 0.6) is 0 Å². The van der Waals surface area contributed by atoms with Crippen LogP contribution in [0, 0.1) is 5.82 Å². The van der Waals surface area contributed by atoms with Crippen LogP contribution in [0.25, 0.3) is 11.0 Å². The monoisotopic (exact) mass is 404 g/mol. The van der Waals surface area contributed by atoms with Crippen molar-refractivity contribution in [3.05, 3.63) is 54.3 Å². The average molecular weight is 404 g/mol. The third-order valence-corrected chi connectivity index (χ3v) is 5.60. The first kappa shape index (κ1) is 20.0. The molecule has 0 unspecified atom stereocenters. The predicted octanol–water partition coefficient (Wildman–Crippen LogP) is 2.89. The number of hydrogen-bond donors (Lipinski definition) is 2. The Hall–Kier alpha value is -2.78. The summed E-state index contributed by atoms with van der Waals surface area (Å²) in [5, 5.41) is 2.75. The molecule has 7 nitrogen and oxygen atoms in total. The van der Waals surface area contributed by atoms with Gasteiger partial charge < -0.3 is 4.57 Å². The first-order valence-corrected chi connectivity index (χ1v) is 10.4. The van der Waals surface area contributed by atoms with Crippen molar-refractivity contribution in [1.82, 2.24) is 14.3 Å². The molecule has 2 aromatic carbocycles. The number of benzene rings is 2. The zero-order valence-corrected chi connectivity index (χ0v) is 16.2. The summed E-state index contributed by atoms with van der Waals surface area (Å²) in [5.74, 6) is -0.433. The van der Waals surface area contributed by atoms with Gasteiger partial charge in [0.1, 0.15) is 5.82 Å². The van der Waals surface area contributed by atoms with Gasteiger partial charge in [-0.05, 0) is 42.8 Å². The molecule has 9 heteroatoms. The predicted molar refractivity (Wildman–Crippen MR) is 105 cm³/mol. The molecular weight excluding hydrogens is 383 g/mol. The number of sulfonamides is 1. The van der Waals surface area contributed by atoms with E-state index in [0.29, 0.717) is 12.5 Å². The average Bonchev–Trinajstić information content (AvgIpc) is 2.99. The van der Waals surface area contributed by atoms with E-state index < -0.39 is 15.8 Å². The summed E-state index contributed by atoms with van der Waals surface area (Å²) in [5.41, 5.74) is 1.71. The number of aryl methyl sites for hydroxylation is 1. The van der Waals surface area contributed by atoms with Gasteiger partial charge in [0.05, 0.1) is 15.9 Å². The van der Waals surface area contributed by atoms with Gasteiger partial charge in [-0.25, -0.2) is 22.5 Å². The lowest BCUT2D eigenvalue weighted by molar-refractivity contribution is -0.116. The van der Waals surface area contributed by atoms with Crippen molar-refractivity contribution in [2.75, 3.05) is 11.9 Å². The molecule has 0 radical (unpaired) electrons. The van der Waals surface area contributed by atoms with Gasteiger partial charge in [0.15, 0.2) is 0 Å². The van der Waals surface area contributed by atoms with E-state index in [1.165, 1.54) is 12.1 Å². The summed E-state index contributed by atoms with van der Waals surface area (Å²) in [6, 6.07) is 12.1. The normalized spacial score (nSPS) is 11.6. The number of para-hydroxylation sites is 2. The topological polar surface area (TPSA) is 93.1 Å². The number of aromatic nitrogens is 2. The van der Waals surface area contributed by atoms with Crippen molar-refractivity contribution in [2.24, 2.45) is 0 Å². The molecule has 1 aromatic heterocycles. The van der Waals surface area contributed by atoms with Crippen LogP contribution in [0.4, 0.5) is 10.3 Å². The van der Waals surface area contributed by atoms with Crippen molar-refractivity contribution in [3.8, 4) is 0 Å². The molecule has 28 heavy (non-hydrogen) atoms. The summed E-state index contributed by atoms with van der Waals surface area (Å²) in [6.45, 7) is 2.65. The number of hydrogen-bond acceptors (Lipinski definition) is 4. The smallest absolute Gasteiger partial charge is 0.240 e. The first-order valence-electron chi connectivity index (χ1n) is 8.91. The van der Waals surface area contributed by atoms with E-state index in [1.54, 1.807) is 0 Å². The Labute approximate surface area is 162 Å². The standard InChI is InChI=1S/C19H21FN4O3S/c1-2-13-24-17-6-4-3-5-16(17)22-19(24)23-18(25)11-12-21-28(26,27)15-9-7-14(20)8-10-15/h3-10,21H,2,11-13H2,1H3,(H,22,23,25). The number of amides is 1. The maximum Gasteiger partial charge on any atom is 0.240 e. The lowest BCUT2D eigenvalue weighted by Crippen LogP contribution is -2.28. The number of anilines is 1. The summed E-state index contributed by atoms with van der Waals surface area (Å²) in [6.07, 6.45) is 0.816. The molecule has 3 aromatic rings. The fourth-order valence-corrected chi connectivity index (χ4v) is 3.84. The van der Waals surface area contributed by atoms with Crippen LogP contribution >= 0.6 is 0 Å². The van der Waals surface area contributed by atoms with E-state index in [2.05, 4.69) is 15.0 Å². The Balaban J connectivity index is 1.62. The highest BCUT2D eigenvalue weighted by Crippen LogP contribution is 2.20. The fourth-order valence-electron chi connectivity index (χ4n) is 2.80. The number of nitrogens with zero attached hydrogens (tertiary/aromatic N) is 2. The van der Waals surface area contributed by atoms with Crippen LogP contribution in [-0.2, 0) is 21.4 Å². The molecule has 3 rings (SSSR count). The molecule has 0 bridgehead atoms. The molecule has 0 aliphatic heterocycles. The molecule has 0 saturated carbocycles. The number of nitrogens with one attached hydrogen (secondary N) is 2. The highest BCUT2D eigenvalue weighted by Gasteiger charge is 2.16. The zero-order valence-electron chi connectivity index (χ0n) is 15.4. The van der Waals surface area contributed by atoms with E-state index in [1.807, 2.05) is 35.8 Å². The minimum absolute atomic E-state index is 0.0564. The van der Waals surface area contributed by atoms with E-state index >= 15 is 0 Å². The van der Waals surface area contributed by atoms with Gasteiger partial charge in [0, 0.05) is 19.5 Å². The Bertz CT molecular complexity index is 1080. The molecule has 148 valence electrons. The second-order valence-corrected chi connectivity index (χ2v) is 7.99. The number of carbonyl (C=O) groups is 1. The molecule has 0 fully saturated rings. The molecule has 0 spiro atoms. The van der Waals surface area contributed by atoms with E-state index in [9.17, 15) is 17.6 Å². The minimum atomic E-state index is -3.80. The third kappa shape index (κ3) is 4.55. The Kier molecular flexibility index (Phi) is 6.05. The highest BCUT2D eigenvalue weighted by molar-refractivity contribution is 7.89.